The Kier molecular flexibility index (Phi) is 39.9. The fraction of sp³-hybridized carbons (Fsp3) is 0.273. The Morgan fingerprint density at radius 3 is 1.79 bits per heavy atom. The van der Waals surface area contributed by atoms with Crippen LogP contribution in [0.4, 0.5) is 0 Å². The molecule has 0 amide bonds. The summed E-state index contributed by atoms with van der Waals surface area (Å²) in [5.41, 5.74) is 0. The number of rotatable bonds is 0. The fourth-order valence-electron chi connectivity index (χ4n) is 0.354. The monoisotopic (exact) mass is 372 g/mol. The van der Waals surface area contributed by atoms with Crippen molar-refractivity contribution in [3.63, 3.8) is 0 Å². The first-order chi connectivity index (χ1) is 6.91. The van der Waals surface area contributed by atoms with E-state index >= 15 is 0 Å². The molecule has 0 aliphatic heterocycles. The minimum atomic E-state index is -1.08. The van der Waals surface area contributed by atoms with Gasteiger partial charge in [-0.3, -0.25) is 6.08 Å². The average molecular weight is 371 g/mol. The van der Waals surface area contributed by atoms with E-state index < -0.39 is 16.8 Å². The summed E-state index contributed by atoms with van der Waals surface area (Å²) in [6.07, 6.45) is 10.0. The van der Waals surface area contributed by atoms with Crippen LogP contribution in [0.5, 0.6) is 0 Å². The fourth-order valence-corrected chi connectivity index (χ4v) is 0.454. The molecule has 1 rings (SSSR count). The topological polar surface area (TPSA) is 34.1 Å². The molecule has 0 aromatic rings. The minimum absolute atomic E-state index is 1.01. The van der Waals surface area contributed by atoms with Crippen molar-refractivity contribution in [2.45, 2.75) is 20.3 Å². The van der Waals surface area contributed by atoms with Gasteiger partial charge in [-0.05, 0) is 0 Å². The average Bonchev–Trinajstić information content (AvgIpc) is 2.83. The second kappa shape index (κ2) is 29.5. The summed E-state index contributed by atoms with van der Waals surface area (Å²) in [4.78, 5) is 18.1. The quantitative estimate of drug-likeness (QED) is 0.612. The molecule has 1 aliphatic rings. The van der Waals surface area contributed by atoms with Crippen molar-refractivity contribution in [2.75, 3.05) is 0 Å². The van der Waals surface area contributed by atoms with Crippen molar-refractivity contribution in [3.8, 4) is 0 Å². The zero-order chi connectivity index (χ0) is 11.7. The van der Waals surface area contributed by atoms with Gasteiger partial charge in [-0.1, -0.05) is 0 Å². The van der Waals surface area contributed by atoms with E-state index in [9.17, 15) is 0 Å². The van der Waals surface area contributed by atoms with Crippen molar-refractivity contribution in [2.24, 2.45) is 0 Å². The van der Waals surface area contributed by atoms with Crippen LogP contribution < -0.4 is 0 Å². The number of allylic oxidation sites excluding steroid dienone is 4. The van der Waals surface area contributed by atoms with Gasteiger partial charge in [0.1, 0.15) is 0 Å². The van der Waals surface area contributed by atoms with E-state index in [-0.39, 0.29) is 0 Å². The van der Waals surface area contributed by atoms with Crippen LogP contribution in [0.15, 0.2) is 18.2 Å². The van der Waals surface area contributed by atoms with Crippen LogP contribution in [0.1, 0.15) is 20.3 Å². The molecule has 0 N–H and O–H groups in total. The van der Waals surface area contributed by atoms with Gasteiger partial charge in [0.15, 0.2) is 0 Å². The molecule has 0 radical (unpaired) electrons. The van der Waals surface area contributed by atoms with Crippen molar-refractivity contribution >= 4 is 8.79 Å². The Bertz CT molecular complexity index is 216. The van der Waals surface area contributed by atoms with Crippen LogP contribution in [0.3, 0.4) is 0 Å². The van der Waals surface area contributed by atoms with E-state index in [1.165, 1.54) is 8.79 Å². The van der Waals surface area contributed by atoms with E-state index in [2.05, 4.69) is 26.0 Å². The Morgan fingerprint density at radius 1 is 1.21 bits per heavy atom. The molecule has 2 nitrogen and oxygen atoms in total. The van der Waals surface area contributed by atoms with Crippen molar-refractivity contribution < 1.29 is 26.4 Å². The molecule has 3 heteroatoms. The van der Waals surface area contributed by atoms with E-state index in [1.54, 1.807) is 13.8 Å². The van der Waals surface area contributed by atoms with Crippen molar-refractivity contribution in [1.82, 2.24) is 0 Å². The maximum absolute atomic E-state index is 9.07. The van der Waals surface area contributed by atoms with Crippen LogP contribution in [0.25, 0.3) is 0 Å². The number of hydrogen-bond donors (Lipinski definition) is 0. The SMILES string of the molecule is O=[C]=[Ir]=[C]=O.[C-]1=CC=CC1.[CH2-]C.[CH2-]C. The third-order valence-electron chi connectivity index (χ3n) is 0.654. The first-order valence-electron chi connectivity index (χ1n) is 3.87. The van der Waals surface area contributed by atoms with Gasteiger partial charge >= 0.3 is 35.2 Å². The van der Waals surface area contributed by atoms with Gasteiger partial charge in [-0.25, -0.2) is 12.2 Å². The molecule has 83 valence electrons. The number of carbonyl (C=O) groups excluding carboxylic acids is 2. The predicted octanol–water partition coefficient (Wildman–Crippen LogP) is 2.19. The summed E-state index contributed by atoms with van der Waals surface area (Å²) in [6, 6.07) is 0. The summed E-state index contributed by atoms with van der Waals surface area (Å²) in [7, 11) is 0. The molecular weight excluding hydrogens is 356 g/mol. The molecule has 0 aromatic carbocycles. The Hall–Kier alpha value is -0.711. The summed E-state index contributed by atoms with van der Waals surface area (Å²) in [5.74, 6) is 0. The summed E-state index contributed by atoms with van der Waals surface area (Å²) in [5, 5.41) is 0. The van der Waals surface area contributed by atoms with Crippen LogP contribution >= 0.6 is 0 Å². The van der Waals surface area contributed by atoms with E-state index in [0.717, 1.165) is 6.42 Å². The molecule has 0 heterocycles. The van der Waals surface area contributed by atoms with Gasteiger partial charge < -0.3 is 13.8 Å². The Morgan fingerprint density at radius 2 is 1.71 bits per heavy atom. The third kappa shape index (κ3) is 30.2. The van der Waals surface area contributed by atoms with E-state index in [4.69, 9.17) is 9.59 Å². The molecule has 0 unspecified atom stereocenters. The van der Waals surface area contributed by atoms with Gasteiger partial charge in [-0.2, -0.15) is 19.9 Å². The van der Waals surface area contributed by atoms with E-state index in [1.807, 2.05) is 12.2 Å². The maximum Gasteiger partial charge on any atom is -0.109 e. The zero-order valence-electron chi connectivity index (χ0n) is 8.50. The van der Waals surface area contributed by atoms with Crippen LogP contribution in [-0.4, -0.2) is 8.79 Å². The van der Waals surface area contributed by atoms with Gasteiger partial charge in [0.05, 0.1) is 0 Å². The molecule has 14 heavy (non-hydrogen) atoms. The smallest absolute Gasteiger partial charge is 0.109 e. The van der Waals surface area contributed by atoms with Gasteiger partial charge in [0.2, 0.25) is 0 Å². The molecule has 1 aliphatic carbocycles. The standard InChI is InChI=1S/C5H5.2C2H5.2CO.Ir/c1-2-4-5-3-1;4*1-2;/h1-3H,4H2;2*1H2,2H3;;;/q3*-1;;;. The van der Waals surface area contributed by atoms with Crippen LogP contribution in [0, 0.1) is 19.9 Å². The normalized spacial score (nSPS) is 8.86. The van der Waals surface area contributed by atoms with Gasteiger partial charge in [0.25, 0.3) is 0 Å². The molecule has 0 fully saturated rings. The van der Waals surface area contributed by atoms with E-state index in [0.29, 0.717) is 0 Å². The van der Waals surface area contributed by atoms with Crippen LogP contribution in [-0.2, 0) is 26.4 Å². The molecule has 0 saturated heterocycles. The third-order valence-corrected chi connectivity index (χ3v) is 1.14. The maximum atomic E-state index is 9.07. The Balaban J connectivity index is -0.000000128. The molecular formula is C11H15IrO2-3. The largest absolute Gasteiger partial charge is 0.346 e. The number of hydrogen-bond acceptors (Lipinski definition) is 2. The first kappa shape index (κ1) is 19.0. The molecule has 0 bridgehead atoms. The zero-order valence-corrected chi connectivity index (χ0v) is 10.9. The second-order valence-corrected chi connectivity index (χ2v) is 2.80. The minimum Gasteiger partial charge on any atom is -0.346 e. The molecule has 0 spiro atoms. The molecule has 0 aromatic heterocycles. The first-order valence-corrected chi connectivity index (χ1v) is 6.27. The summed E-state index contributed by atoms with van der Waals surface area (Å²) >= 11 is -1.08. The molecule has 0 atom stereocenters. The predicted molar refractivity (Wildman–Crippen MR) is 55.0 cm³/mol. The Labute approximate surface area is 93.7 Å². The van der Waals surface area contributed by atoms with Crippen molar-refractivity contribution in [1.29, 1.82) is 0 Å². The van der Waals surface area contributed by atoms with Crippen LogP contribution in [0.2, 0.25) is 0 Å². The second-order valence-electron chi connectivity index (χ2n) is 1.22. The van der Waals surface area contributed by atoms with Gasteiger partial charge in [-0.15, -0.1) is 6.42 Å². The summed E-state index contributed by atoms with van der Waals surface area (Å²) < 4.78 is 2.94. The van der Waals surface area contributed by atoms with Crippen molar-refractivity contribution in [3.05, 3.63) is 38.2 Å². The summed E-state index contributed by atoms with van der Waals surface area (Å²) in [6.45, 7) is 10.0. The van der Waals surface area contributed by atoms with Gasteiger partial charge in [0, 0.05) is 0 Å². The molecule has 0 saturated carbocycles.